The van der Waals surface area contributed by atoms with Crippen molar-refractivity contribution in [2.75, 3.05) is 26.2 Å². The van der Waals surface area contributed by atoms with E-state index in [9.17, 15) is 13.6 Å². The molecule has 0 N–H and O–H groups in total. The van der Waals surface area contributed by atoms with E-state index in [1.54, 1.807) is 4.90 Å². The Bertz CT molecular complexity index is 1010. The maximum Gasteiger partial charge on any atom is 0.387 e. The highest BCUT2D eigenvalue weighted by Crippen LogP contribution is 2.19. The zero-order chi connectivity index (χ0) is 21.8. The van der Waals surface area contributed by atoms with Crippen molar-refractivity contribution in [1.82, 2.24) is 19.9 Å². The summed E-state index contributed by atoms with van der Waals surface area (Å²) in [4.78, 5) is 21.0. The van der Waals surface area contributed by atoms with Crippen LogP contribution in [0.5, 0.6) is 5.75 Å². The fourth-order valence-electron chi connectivity index (χ4n) is 3.40. The number of carbonyl (C=O) groups is 1. The molecule has 4 rings (SSSR count). The number of aryl methyl sites for hydroxylation is 1. The molecule has 1 amide bonds. The summed E-state index contributed by atoms with van der Waals surface area (Å²) in [5.74, 6) is 0.983. The standard InChI is InChI=1S/C22H22F2N4O3/c1-15-2-4-16(5-3-15)20-25-19(31-26-20)14-27-10-12-28(13-11-27)21(29)17-6-8-18(9-7-17)30-22(23)24/h2-9,22H,10-14H2,1H3. The van der Waals surface area contributed by atoms with Crippen molar-refractivity contribution in [3.05, 3.63) is 65.5 Å². The van der Waals surface area contributed by atoms with Crippen molar-refractivity contribution in [3.8, 4) is 17.1 Å². The topological polar surface area (TPSA) is 71.7 Å². The minimum Gasteiger partial charge on any atom is -0.435 e. The van der Waals surface area contributed by atoms with E-state index in [0.29, 0.717) is 50.0 Å². The van der Waals surface area contributed by atoms with Crippen LogP contribution in [0.15, 0.2) is 53.1 Å². The average molecular weight is 428 g/mol. The molecule has 0 radical (unpaired) electrons. The van der Waals surface area contributed by atoms with Crippen LogP contribution in [-0.4, -0.2) is 58.6 Å². The van der Waals surface area contributed by atoms with Crippen molar-refractivity contribution < 1.29 is 22.8 Å². The van der Waals surface area contributed by atoms with Crippen molar-refractivity contribution in [1.29, 1.82) is 0 Å². The van der Waals surface area contributed by atoms with Gasteiger partial charge in [0.2, 0.25) is 11.7 Å². The molecule has 162 valence electrons. The van der Waals surface area contributed by atoms with Gasteiger partial charge in [0.15, 0.2) is 0 Å². The molecule has 1 fully saturated rings. The Morgan fingerprint density at radius 1 is 1.06 bits per heavy atom. The number of hydrogen-bond acceptors (Lipinski definition) is 6. The van der Waals surface area contributed by atoms with Gasteiger partial charge in [-0.3, -0.25) is 9.69 Å². The Kier molecular flexibility index (Phi) is 6.22. The Hall–Kier alpha value is -3.33. The summed E-state index contributed by atoms with van der Waals surface area (Å²) >= 11 is 0. The van der Waals surface area contributed by atoms with E-state index in [4.69, 9.17) is 4.52 Å². The van der Waals surface area contributed by atoms with Crippen molar-refractivity contribution in [3.63, 3.8) is 0 Å². The Labute approximate surface area is 178 Å². The number of hydrogen-bond donors (Lipinski definition) is 0. The van der Waals surface area contributed by atoms with Crippen molar-refractivity contribution in [2.24, 2.45) is 0 Å². The smallest absolute Gasteiger partial charge is 0.387 e. The maximum atomic E-state index is 12.7. The monoisotopic (exact) mass is 428 g/mol. The molecule has 9 heteroatoms. The van der Waals surface area contributed by atoms with Gasteiger partial charge in [-0.2, -0.15) is 13.8 Å². The molecule has 2 heterocycles. The number of benzene rings is 2. The van der Waals surface area contributed by atoms with Gasteiger partial charge in [0.25, 0.3) is 5.91 Å². The number of piperazine rings is 1. The second-order valence-corrected chi connectivity index (χ2v) is 7.35. The predicted molar refractivity (Wildman–Crippen MR) is 109 cm³/mol. The molecule has 31 heavy (non-hydrogen) atoms. The number of amides is 1. The Morgan fingerprint density at radius 3 is 2.39 bits per heavy atom. The molecule has 0 saturated carbocycles. The van der Waals surface area contributed by atoms with Crippen LogP contribution in [0.4, 0.5) is 8.78 Å². The summed E-state index contributed by atoms with van der Waals surface area (Å²) in [6.45, 7) is 2.08. The summed E-state index contributed by atoms with van der Waals surface area (Å²) < 4.78 is 34.2. The Balaban J connectivity index is 1.30. The highest BCUT2D eigenvalue weighted by atomic mass is 19.3. The van der Waals surface area contributed by atoms with Crippen LogP contribution in [0, 0.1) is 6.92 Å². The molecule has 0 atom stereocenters. The van der Waals surface area contributed by atoms with Gasteiger partial charge in [-0.25, -0.2) is 0 Å². The molecule has 0 spiro atoms. The van der Waals surface area contributed by atoms with Gasteiger partial charge in [0.05, 0.1) is 6.54 Å². The van der Waals surface area contributed by atoms with E-state index in [2.05, 4.69) is 19.8 Å². The van der Waals surface area contributed by atoms with Crippen molar-refractivity contribution in [2.45, 2.75) is 20.1 Å². The lowest BCUT2D eigenvalue weighted by Gasteiger charge is -2.34. The van der Waals surface area contributed by atoms with Gasteiger partial charge < -0.3 is 14.2 Å². The number of halogens is 2. The zero-order valence-electron chi connectivity index (χ0n) is 17.0. The Morgan fingerprint density at radius 2 is 1.74 bits per heavy atom. The third-order valence-electron chi connectivity index (χ3n) is 5.12. The highest BCUT2D eigenvalue weighted by Gasteiger charge is 2.23. The van der Waals surface area contributed by atoms with E-state index in [1.807, 2.05) is 31.2 Å². The molecule has 1 aromatic heterocycles. The quantitative estimate of drug-likeness (QED) is 0.597. The molecule has 0 aliphatic carbocycles. The molecule has 1 aliphatic rings. The number of alkyl halides is 2. The largest absolute Gasteiger partial charge is 0.435 e. The third kappa shape index (κ3) is 5.24. The molecule has 1 saturated heterocycles. The van der Waals surface area contributed by atoms with Crippen LogP contribution in [0.2, 0.25) is 0 Å². The zero-order valence-corrected chi connectivity index (χ0v) is 17.0. The van der Waals surface area contributed by atoms with E-state index in [1.165, 1.54) is 24.3 Å². The molecule has 0 unspecified atom stereocenters. The van der Waals surface area contributed by atoms with E-state index in [-0.39, 0.29) is 11.7 Å². The van der Waals surface area contributed by atoms with Crippen LogP contribution in [-0.2, 0) is 6.54 Å². The number of rotatable bonds is 6. The fourth-order valence-corrected chi connectivity index (χ4v) is 3.40. The first-order valence-electron chi connectivity index (χ1n) is 9.94. The summed E-state index contributed by atoms with van der Waals surface area (Å²) in [5.41, 5.74) is 2.51. The predicted octanol–water partition coefficient (Wildman–Crippen LogP) is 3.60. The summed E-state index contributed by atoms with van der Waals surface area (Å²) in [5, 5.41) is 4.05. The van der Waals surface area contributed by atoms with Gasteiger partial charge in [0, 0.05) is 37.3 Å². The first kappa shape index (κ1) is 20.9. The molecule has 2 aromatic carbocycles. The molecular weight excluding hydrogens is 406 g/mol. The van der Waals surface area contributed by atoms with Gasteiger partial charge in [-0.05, 0) is 31.2 Å². The van der Waals surface area contributed by atoms with Crippen LogP contribution < -0.4 is 4.74 Å². The minimum atomic E-state index is -2.89. The van der Waals surface area contributed by atoms with E-state index < -0.39 is 6.61 Å². The fraction of sp³-hybridized carbons (Fsp3) is 0.318. The van der Waals surface area contributed by atoms with E-state index in [0.717, 1.165) is 11.1 Å². The number of ether oxygens (including phenoxy) is 1. The number of carbonyl (C=O) groups excluding carboxylic acids is 1. The lowest BCUT2D eigenvalue weighted by atomic mass is 10.1. The van der Waals surface area contributed by atoms with Gasteiger partial charge in [0.1, 0.15) is 5.75 Å². The van der Waals surface area contributed by atoms with Crippen LogP contribution >= 0.6 is 0 Å². The number of nitrogens with zero attached hydrogens (tertiary/aromatic N) is 4. The molecular formula is C22H22F2N4O3. The first-order chi connectivity index (χ1) is 15.0. The van der Waals surface area contributed by atoms with Gasteiger partial charge in [-0.15, -0.1) is 0 Å². The maximum absolute atomic E-state index is 12.7. The van der Waals surface area contributed by atoms with Crippen LogP contribution in [0.1, 0.15) is 21.8 Å². The number of aromatic nitrogens is 2. The summed E-state index contributed by atoms with van der Waals surface area (Å²) in [6.07, 6.45) is 0. The lowest BCUT2D eigenvalue weighted by Crippen LogP contribution is -2.48. The van der Waals surface area contributed by atoms with Crippen molar-refractivity contribution >= 4 is 5.91 Å². The van der Waals surface area contributed by atoms with Gasteiger partial charge in [-0.1, -0.05) is 35.0 Å². The van der Waals surface area contributed by atoms with Crippen LogP contribution in [0.3, 0.4) is 0 Å². The highest BCUT2D eigenvalue weighted by molar-refractivity contribution is 5.94. The van der Waals surface area contributed by atoms with Crippen LogP contribution in [0.25, 0.3) is 11.4 Å². The normalized spacial score (nSPS) is 14.8. The lowest BCUT2D eigenvalue weighted by molar-refractivity contribution is -0.0498. The second-order valence-electron chi connectivity index (χ2n) is 7.35. The second kappa shape index (κ2) is 9.22. The molecule has 1 aliphatic heterocycles. The SMILES string of the molecule is Cc1ccc(-c2noc(CN3CCN(C(=O)c4ccc(OC(F)F)cc4)CC3)n2)cc1. The molecule has 3 aromatic rings. The van der Waals surface area contributed by atoms with E-state index >= 15 is 0 Å². The third-order valence-corrected chi connectivity index (χ3v) is 5.12. The average Bonchev–Trinajstić information content (AvgIpc) is 3.23. The minimum absolute atomic E-state index is 0.0286. The molecule has 7 nitrogen and oxygen atoms in total. The summed E-state index contributed by atoms with van der Waals surface area (Å²) in [6, 6.07) is 13.7. The van der Waals surface area contributed by atoms with Gasteiger partial charge >= 0.3 is 6.61 Å². The molecule has 0 bridgehead atoms. The first-order valence-corrected chi connectivity index (χ1v) is 9.94. The summed E-state index contributed by atoms with van der Waals surface area (Å²) in [7, 11) is 0.